The molecule has 0 radical (unpaired) electrons. The molecular formula is C16H19FN2O. The molecule has 0 aliphatic heterocycles. The molecule has 0 aliphatic rings. The number of halogens is 1. The van der Waals surface area contributed by atoms with Crippen molar-refractivity contribution in [3.63, 3.8) is 0 Å². The van der Waals surface area contributed by atoms with Crippen LogP contribution in [0.25, 0.3) is 0 Å². The fraction of sp³-hybridized carbons (Fsp3) is 0.312. The first-order valence-corrected chi connectivity index (χ1v) is 6.73. The van der Waals surface area contributed by atoms with Gasteiger partial charge in [0.2, 0.25) is 0 Å². The maximum absolute atomic E-state index is 14.2. The van der Waals surface area contributed by atoms with Gasteiger partial charge in [-0.15, -0.1) is 0 Å². The molecule has 1 aromatic carbocycles. The van der Waals surface area contributed by atoms with Gasteiger partial charge in [0, 0.05) is 31.0 Å². The van der Waals surface area contributed by atoms with Crippen LogP contribution >= 0.6 is 0 Å². The number of aliphatic hydroxyl groups is 1. The Morgan fingerprint density at radius 3 is 2.55 bits per heavy atom. The van der Waals surface area contributed by atoms with Gasteiger partial charge in [0.15, 0.2) is 0 Å². The van der Waals surface area contributed by atoms with Gasteiger partial charge >= 0.3 is 0 Å². The van der Waals surface area contributed by atoms with Gasteiger partial charge in [-0.25, -0.2) is 4.39 Å². The number of anilines is 1. The highest BCUT2D eigenvalue weighted by molar-refractivity contribution is 5.56. The number of hydrogen-bond acceptors (Lipinski definition) is 3. The molecule has 106 valence electrons. The van der Waals surface area contributed by atoms with Crippen molar-refractivity contribution in [1.29, 1.82) is 0 Å². The molecular weight excluding hydrogens is 255 g/mol. The maximum atomic E-state index is 14.2. The molecule has 0 bridgehead atoms. The largest absolute Gasteiger partial charge is 0.389 e. The average molecular weight is 274 g/mol. The molecule has 0 saturated carbocycles. The van der Waals surface area contributed by atoms with Crippen LogP contribution in [0.3, 0.4) is 0 Å². The molecule has 0 aliphatic carbocycles. The van der Waals surface area contributed by atoms with Gasteiger partial charge in [-0.1, -0.05) is 12.1 Å². The second kappa shape index (κ2) is 6.48. The molecule has 3 nitrogen and oxygen atoms in total. The van der Waals surface area contributed by atoms with Gasteiger partial charge in [0.1, 0.15) is 5.82 Å². The van der Waals surface area contributed by atoms with Gasteiger partial charge in [-0.05, 0) is 37.6 Å². The van der Waals surface area contributed by atoms with Crippen LogP contribution in [-0.2, 0) is 6.54 Å². The zero-order chi connectivity index (χ0) is 14.5. The van der Waals surface area contributed by atoms with Crippen molar-refractivity contribution in [2.75, 3.05) is 11.4 Å². The van der Waals surface area contributed by atoms with E-state index in [1.807, 2.05) is 24.0 Å². The molecule has 20 heavy (non-hydrogen) atoms. The highest BCUT2D eigenvalue weighted by Crippen LogP contribution is 2.30. The Balaban J connectivity index is 2.37. The summed E-state index contributed by atoms with van der Waals surface area (Å²) in [7, 11) is 0. The Morgan fingerprint density at radius 1 is 1.25 bits per heavy atom. The van der Waals surface area contributed by atoms with Crippen LogP contribution < -0.4 is 4.90 Å². The topological polar surface area (TPSA) is 36.4 Å². The number of aromatic nitrogens is 1. The minimum absolute atomic E-state index is 0.306. The summed E-state index contributed by atoms with van der Waals surface area (Å²) >= 11 is 0. The Bertz CT molecular complexity index is 558. The standard InChI is InChI=1S/C16H19FN2O/c1-3-19(11-13-7-9-18-10-8-13)16-14(12(2)20)5-4-6-15(16)17/h4-10,12,20H,3,11H2,1-2H3/t12-/m1/s1. The fourth-order valence-electron chi connectivity index (χ4n) is 2.26. The average Bonchev–Trinajstić information content (AvgIpc) is 2.46. The Morgan fingerprint density at radius 2 is 1.95 bits per heavy atom. The molecule has 1 N–H and O–H groups in total. The van der Waals surface area contributed by atoms with Crippen molar-refractivity contribution in [3.8, 4) is 0 Å². The first-order chi connectivity index (χ1) is 9.63. The third-order valence-electron chi connectivity index (χ3n) is 3.29. The zero-order valence-electron chi connectivity index (χ0n) is 11.8. The van der Waals surface area contributed by atoms with Crippen LogP contribution in [0.4, 0.5) is 10.1 Å². The van der Waals surface area contributed by atoms with E-state index in [1.54, 1.807) is 31.5 Å². The van der Waals surface area contributed by atoms with Crippen molar-refractivity contribution in [2.24, 2.45) is 0 Å². The van der Waals surface area contributed by atoms with Crippen LogP contribution in [0.2, 0.25) is 0 Å². The SMILES string of the molecule is CCN(Cc1ccncc1)c1c(F)cccc1[C@@H](C)O. The van der Waals surface area contributed by atoms with E-state index in [4.69, 9.17) is 0 Å². The summed E-state index contributed by atoms with van der Waals surface area (Å²) < 4.78 is 14.2. The van der Waals surface area contributed by atoms with Crippen LogP contribution in [-0.4, -0.2) is 16.6 Å². The molecule has 0 fully saturated rings. The number of benzene rings is 1. The Hall–Kier alpha value is -1.94. The third-order valence-corrected chi connectivity index (χ3v) is 3.29. The Labute approximate surface area is 118 Å². The molecule has 0 unspecified atom stereocenters. The third kappa shape index (κ3) is 3.14. The van der Waals surface area contributed by atoms with E-state index in [-0.39, 0.29) is 5.82 Å². The molecule has 0 amide bonds. The molecule has 0 saturated heterocycles. The minimum atomic E-state index is -0.702. The van der Waals surface area contributed by atoms with Crippen LogP contribution in [0, 0.1) is 5.82 Å². The van der Waals surface area contributed by atoms with Crippen molar-refractivity contribution < 1.29 is 9.50 Å². The molecule has 0 spiro atoms. The van der Waals surface area contributed by atoms with Crippen LogP contribution in [0.1, 0.15) is 31.1 Å². The van der Waals surface area contributed by atoms with Gasteiger partial charge in [0.25, 0.3) is 0 Å². The van der Waals surface area contributed by atoms with Crippen LogP contribution in [0.5, 0.6) is 0 Å². The molecule has 1 atom stereocenters. The minimum Gasteiger partial charge on any atom is -0.389 e. The maximum Gasteiger partial charge on any atom is 0.146 e. The van der Waals surface area contributed by atoms with Crippen LogP contribution in [0.15, 0.2) is 42.7 Å². The lowest BCUT2D eigenvalue weighted by atomic mass is 10.1. The van der Waals surface area contributed by atoms with E-state index < -0.39 is 6.10 Å². The molecule has 2 rings (SSSR count). The first-order valence-electron chi connectivity index (χ1n) is 6.73. The second-order valence-electron chi connectivity index (χ2n) is 4.72. The molecule has 1 heterocycles. The second-order valence-corrected chi connectivity index (χ2v) is 4.72. The fourth-order valence-corrected chi connectivity index (χ4v) is 2.26. The smallest absolute Gasteiger partial charge is 0.146 e. The van der Waals surface area contributed by atoms with E-state index in [1.165, 1.54) is 6.07 Å². The van der Waals surface area contributed by atoms with E-state index in [0.29, 0.717) is 24.3 Å². The summed E-state index contributed by atoms with van der Waals surface area (Å²) in [5.74, 6) is -0.306. The summed E-state index contributed by atoms with van der Waals surface area (Å²) in [5.41, 5.74) is 2.14. The predicted molar refractivity (Wildman–Crippen MR) is 78.0 cm³/mol. The predicted octanol–water partition coefficient (Wildman–Crippen LogP) is 3.30. The van der Waals surface area contributed by atoms with Crippen molar-refractivity contribution >= 4 is 5.69 Å². The number of nitrogens with zero attached hydrogens (tertiary/aromatic N) is 2. The van der Waals surface area contributed by atoms with Crippen molar-refractivity contribution in [1.82, 2.24) is 4.98 Å². The monoisotopic (exact) mass is 274 g/mol. The molecule has 2 aromatic rings. The summed E-state index contributed by atoms with van der Waals surface area (Å²) in [6.07, 6.45) is 2.74. The highest BCUT2D eigenvalue weighted by atomic mass is 19.1. The lowest BCUT2D eigenvalue weighted by Gasteiger charge is -2.27. The lowest BCUT2D eigenvalue weighted by molar-refractivity contribution is 0.199. The summed E-state index contributed by atoms with van der Waals surface area (Å²) in [4.78, 5) is 5.91. The van der Waals surface area contributed by atoms with Crippen molar-refractivity contribution in [3.05, 3.63) is 59.7 Å². The molecule has 4 heteroatoms. The number of aliphatic hydroxyl groups excluding tert-OH is 1. The van der Waals surface area contributed by atoms with E-state index in [2.05, 4.69) is 4.98 Å². The van der Waals surface area contributed by atoms with E-state index in [9.17, 15) is 9.50 Å². The van der Waals surface area contributed by atoms with Gasteiger partial charge in [-0.2, -0.15) is 0 Å². The number of hydrogen-bond donors (Lipinski definition) is 1. The van der Waals surface area contributed by atoms with Gasteiger partial charge in [0.05, 0.1) is 11.8 Å². The number of para-hydroxylation sites is 1. The summed E-state index contributed by atoms with van der Waals surface area (Å²) in [6, 6.07) is 8.63. The lowest BCUT2D eigenvalue weighted by Crippen LogP contribution is -2.25. The first kappa shape index (κ1) is 14.5. The highest BCUT2D eigenvalue weighted by Gasteiger charge is 2.17. The number of rotatable bonds is 5. The van der Waals surface area contributed by atoms with Gasteiger partial charge in [-0.3, -0.25) is 4.98 Å². The number of pyridine rings is 1. The quantitative estimate of drug-likeness (QED) is 0.908. The Kier molecular flexibility index (Phi) is 4.69. The summed E-state index contributed by atoms with van der Waals surface area (Å²) in [6.45, 7) is 4.86. The molecule has 1 aromatic heterocycles. The van der Waals surface area contributed by atoms with E-state index in [0.717, 1.165) is 5.56 Å². The van der Waals surface area contributed by atoms with Crippen molar-refractivity contribution in [2.45, 2.75) is 26.5 Å². The normalized spacial score (nSPS) is 12.2. The summed E-state index contributed by atoms with van der Waals surface area (Å²) in [5, 5.41) is 9.84. The van der Waals surface area contributed by atoms with Gasteiger partial charge < -0.3 is 10.0 Å². The van der Waals surface area contributed by atoms with E-state index >= 15 is 0 Å². The zero-order valence-corrected chi connectivity index (χ0v) is 11.8.